The molecule has 0 aliphatic rings. The van der Waals surface area contributed by atoms with E-state index >= 15 is 0 Å². The Morgan fingerprint density at radius 1 is 1.77 bits per heavy atom. The van der Waals surface area contributed by atoms with Crippen LogP contribution in [0.2, 0.25) is 0 Å². The van der Waals surface area contributed by atoms with Crippen molar-refractivity contribution in [1.29, 1.82) is 0 Å². The van der Waals surface area contributed by atoms with Gasteiger partial charge >= 0.3 is 0 Å². The summed E-state index contributed by atoms with van der Waals surface area (Å²) < 4.78 is 0. The SMILES string of the molecule is CSCc1nc(C)c(C(=O)NN)s1. The molecule has 1 aromatic rings. The van der Waals surface area contributed by atoms with Crippen molar-refractivity contribution in [2.45, 2.75) is 12.7 Å². The van der Waals surface area contributed by atoms with E-state index in [1.807, 2.05) is 13.2 Å². The second kappa shape index (κ2) is 4.59. The number of nitrogen functional groups attached to an aromatic ring is 1. The second-order valence-electron chi connectivity index (χ2n) is 2.43. The van der Waals surface area contributed by atoms with Gasteiger partial charge in [0.05, 0.1) is 5.69 Å². The predicted molar refractivity (Wildman–Crippen MR) is 55.7 cm³/mol. The van der Waals surface area contributed by atoms with Gasteiger partial charge in [0.2, 0.25) is 0 Å². The Bertz CT molecular complexity index is 311. The zero-order chi connectivity index (χ0) is 9.84. The largest absolute Gasteiger partial charge is 0.289 e. The molecule has 0 unspecified atom stereocenters. The van der Waals surface area contributed by atoms with E-state index in [0.29, 0.717) is 4.88 Å². The summed E-state index contributed by atoms with van der Waals surface area (Å²) in [6.45, 7) is 1.81. The first-order valence-electron chi connectivity index (χ1n) is 3.65. The van der Waals surface area contributed by atoms with Gasteiger partial charge in [0.25, 0.3) is 5.91 Å². The lowest BCUT2D eigenvalue weighted by molar-refractivity contribution is 0.0957. The molecule has 13 heavy (non-hydrogen) atoms. The zero-order valence-corrected chi connectivity index (χ0v) is 9.09. The smallest absolute Gasteiger partial charge is 0.277 e. The lowest BCUT2D eigenvalue weighted by Gasteiger charge is -1.93. The van der Waals surface area contributed by atoms with Crippen LogP contribution in [0.5, 0.6) is 0 Å². The molecule has 1 aromatic heterocycles. The van der Waals surface area contributed by atoms with Gasteiger partial charge in [-0.05, 0) is 13.2 Å². The van der Waals surface area contributed by atoms with E-state index in [9.17, 15) is 4.79 Å². The highest BCUT2D eigenvalue weighted by molar-refractivity contribution is 7.97. The van der Waals surface area contributed by atoms with Crippen molar-refractivity contribution < 1.29 is 4.79 Å². The maximum atomic E-state index is 11.2. The molecule has 0 fully saturated rings. The quantitative estimate of drug-likeness (QED) is 0.449. The van der Waals surface area contributed by atoms with Gasteiger partial charge in [0, 0.05) is 5.75 Å². The van der Waals surface area contributed by atoms with E-state index in [1.54, 1.807) is 11.8 Å². The van der Waals surface area contributed by atoms with Gasteiger partial charge in [0.1, 0.15) is 9.88 Å². The number of hydrazine groups is 1. The van der Waals surface area contributed by atoms with E-state index in [4.69, 9.17) is 5.84 Å². The first-order chi connectivity index (χ1) is 6.19. The first-order valence-corrected chi connectivity index (χ1v) is 5.86. The highest BCUT2D eigenvalue weighted by atomic mass is 32.2. The number of thiazole rings is 1. The fourth-order valence-corrected chi connectivity index (χ4v) is 2.58. The van der Waals surface area contributed by atoms with Crippen LogP contribution in [0.25, 0.3) is 0 Å². The van der Waals surface area contributed by atoms with Gasteiger partial charge in [-0.25, -0.2) is 10.8 Å². The summed E-state index contributed by atoms with van der Waals surface area (Å²) in [4.78, 5) is 16.0. The fraction of sp³-hybridized carbons (Fsp3) is 0.429. The summed E-state index contributed by atoms with van der Waals surface area (Å²) in [5.74, 6) is 5.61. The van der Waals surface area contributed by atoms with Crippen LogP contribution < -0.4 is 11.3 Å². The van der Waals surface area contributed by atoms with Crippen LogP contribution in [-0.2, 0) is 5.75 Å². The normalized spacial score (nSPS) is 10.1. The zero-order valence-electron chi connectivity index (χ0n) is 7.46. The van der Waals surface area contributed by atoms with Crippen molar-refractivity contribution in [3.8, 4) is 0 Å². The molecule has 1 heterocycles. The number of hydrogen-bond donors (Lipinski definition) is 2. The van der Waals surface area contributed by atoms with Gasteiger partial charge in [0.15, 0.2) is 0 Å². The molecule has 4 nitrogen and oxygen atoms in total. The van der Waals surface area contributed by atoms with Crippen LogP contribution in [0.1, 0.15) is 20.4 Å². The standard InChI is InChI=1S/C7H11N3OS2/c1-4-6(7(11)10-8)13-5(9-4)3-12-2/h3,8H2,1-2H3,(H,10,11). The van der Waals surface area contributed by atoms with Crippen LogP contribution in [0.3, 0.4) is 0 Å². The van der Waals surface area contributed by atoms with Crippen molar-refractivity contribution in [2.24, 2.45) is 5.84 Å². The lowest BCUT2D eigenvalue weighted by Crippen LogP contribution is -2.29. The van der Waals surface area contributed by atoms with Crippen LogP contribution in [0.4, 0.5) is 0 Å². The summed E-state index contributed by atoms with van der Waals surface area (Å²) in [5.41, 5.74) is 2.85. The third-order valence-corrected chi connectivity index (χ3v) is 3.35. The Labute approximate surface area is 84.9 Å². The van der Waals surface area contributed by atoms with Crippen molar-refractivity contribution in [2.75, 3.05) is 6.26 Å². The number of thioether (sulfide) groups is 1. The number of aryl methyl sites for hydroxylation is 1. The molecule has 0 atom stereocenters. The number of nitrogens with two attached hydrogens (primary N) is 1. The van der Waals surface area contributed by atoms with E-state index in [1.165, 1.54) is 11.3 Å². The van der Waals surface area contributed by atoms with Gasteiger partial charge in [-0.2, -0.15) is 11.8 Å². The van der Waals surface area contributed by atoms with E-state index in [-0.39, 0.29) is 5.91 Å². The maximum absolute atomic E-state index is 11.2. The van der Waals surface area contributed by atoms with Gasteiger partial charge in [-0.3, -0.25) is 10.2 Å². The van der Waals surface area contributed by atoms with E-state index < -0.39 is 0 Å². The van der Waals surface area contributed by atoms with Crippen LogP contribution in [0, 0.1) is 6.92 Å². The van der Waals surface area contributed by atoms with E-state index in [0.717, 1.165) is 16.5 Å². The Morgan fingerprint density at radius 2 is 2.46 bits per heavy atom. The molecule has 72 valence electrons. The number of hydrogen-bond acceptors (Lipinski definition) is 5. The maximum Gasteiger partial charge on any atom is 0.277 e. The summed E-state index contributed by atoms with van der Waals surface area (Å²) in [6.07, 6.45) is 2.00. The predicted octanol–water partition coefficient (Wildman–Crippen LogP) is 0.918. The van der Waals surface area contributed by atoms with Gasteiger partial charge in [-0.1, -0.05) is 0 Å². The highest BCUT2D eigenvalue weighted by Gasteiger charge is 2.13. The van der Waals surface area contributed by atoms with Crippen LogP contribution in [0.15, 0.2) is 0 Å². The molecule has 0 aliphatic carbocycles. The lowest BCUT2D eigenvalue weighted by atomic mass is 10.4. The molecule has 6 heteroatoms. The van der Waals surface area contributed by atoms with Gasteiger partial charge < -0.3 is 0 Å². The molecule has 0 radical (unpaired) electrons. The summed E-state index contributed by atoms with van der Waals surface area (Å²) in [5, 5.41) is 0.962. The van der Waals surface area contributed by atoms with Crippen LogP contribution >= 0.6 is 23.1 Å². The molecule has 3 N–H and O–H groups in total. The molecule has 0 saturated heterocycles. The number of carbonyl (C=O) groups is 1. The Morgan fingerprint density at radius 3 is 3.00 bits per heavy atom. The minimum absolute atomic E-state index is 0.262. The Hall–Kier alpha value is -0.590. The Kier molecular flexibility index (Phi) is 3.71. The molecule has 0 spiro atoms. The second-order valence-corrected chi connectivity index (χ2v) is 4.38. The van der Waals surface area contributed by atoms with Crippen molar-refractivity contribution in [3.05, 3.63) is 15.6 Å². The number of nitrogens with one attached hydrogen (secondary N) is 1. The van der Waals surface area contributed by atoms with Gasteiger partial charge in [-0.15, -0.1) is 11.3 Å². The number of rotatable bonds is 3. The van der Waals surface area contributed by atoms with Crippen LogP contribution in [-0.4, -0.2) is 17.1 Å². The first kappa shape index (κ1) is 10.5. The fourth-order valence-electron chi connectivity index (χ4n) is 0.914. The molecule has 1 amide bonds. The number of carbonyl (C=O) groups excluding carboxylic acids is 1. The van der Waals surface area contributed by atoms with Crippen molar-refractivity contribution >= 4 is 29.0 Å². The average molecular weight is 217 g/mol. The summed E-state index contributed by atoms with van der Waals surface area (Å²) >= 11 is 3.07. The van der Waals surface area contributed by atoms with Crippen molar-refractivity contribution in [1.82, 2.24) is 10.4 Å². The monoisotopic (exact) mass is 217 g/mol. The number of aromatic nitrogens is 1. The number of nitrogens with zero attached hydrogens (tertiary/aromatic N) is 1. The molecule has 0 aliphatic heterocycles. The number of amides is 1. The Balaban J connectivity index is 2.89. The third kappa shape index (κ3) is 2.43. The third-order valence-electron chi connectivity index (χ3n) is 1.45. The summed E-state index contributed by atoms with van der Waals surface area (Å²) in [6, 6.07) is 0. The minimum Gasteiger partial charge on any atom is -0.289 e. The molecule has 0 aromatic carbocycles. The topological polar surface area (TPSA) is 68.0 Å². The molecule has 0 bridgehead atoms. The molecule has 1 rings (SSSR count). The highest BCUT2D eigenvalue weighted by Crippen LogP contribution is 2.20. The molecular weight excluding hydrogens is 206 g/mol. The summed E-state index contributed by atoms with van der Waals surface area (Å²) in [7, 11) is 0. The van der Waals surface area contributed by atoms with Crippen molar-refractivity contribution in [3.63, 3.8) is 0 Å². The average Bonchev–Trinajstić information content (AvgIpc) is 2.46. The molecule has 0 saturated carbocycles. The van der Waals surface area contributed by atoms with E-state index in [2.05, 4.69) is 10.4 Å². The molecular formula is C7H11N3OS2. The minimum atomic E-state index is -0.262.